The molecular weight excluding hydrogens is 411 g/mol. The highest BCUT2D eigenvalue weighted by atomic mass is 35.5. The molecule has 1 fully saturated rings. The highest BCUT2D eigenvalue weighted by Gasteiger charge is 2.25. The first-order valence-corrected chi connectivity index (χ1v) is 10.3. The minimum absolute atomic E-state index is 0. The molecule has 152 valence electrons. The first-order chi connectivity index (χ1) is 13.0. The second-order valence-electron chi connectivity index (χ2n) is 7.22. The van der Waals surface area contributed by atoms with Gasteiger partial charge in [0.1, 0.15) is 0 Å². The van der Waals surface area contributed by atoms with Crippen molar-refractivity contribution in [1.82, 2.24) is 9.80 Å². The van der Waals surface area contributed by atoms with Crippen LogP contribution in [0.4, 0.5) is 0 Å². The summed E-state index contributed by atoms with van der Waals surface area (Å²) in [6, 6.07) is 15.7. The second-order valence-corrected chi connectivity index (χ2v) is 8.03. The molecule has 0 bridgehead atoms. The van der Waals surface area contributed by atoms with Gasteiger partial charge in [0.15, 0.2) is 0 Å². The number of nitrogens with zero attached hydrogens (tertiary/aromatic N) is 2. The second kappa shape index (κ2) is 11.1. The van der Waals surface area contributed by atoms with Gasteiger partial charge in [0, 0.05) is 13.6 Å². The number of piperidine rings is 1. The van der Waals surface area contributed by atoms with Crippen LogP contribution >= 0.6 is 36.7 Å². The Morgan fingerprint density at radius 1 is 1.04 bits per heavy atom. The van der Waals surface area contributed by atoms with Gasteiger partial charge < -0.3 is 9.80 Å². The molecule has 6 heteroatoms. The van der Waals surface area contributed by atoms with Gasteiger partial charge in [-0.25, -0.2) is 0 Å². The van der Waals surface area contributed by atoms with Crippen LogP contribution in [0, 0.1) is 0 Å². The van der Waals surface area contributed by atoms with Gasteiger partial charge in [-0.05, 0) is 49.2 Å². The summed E-state index contributed by atoms with van der Waals surface area (Å²) in [7, 11) is 1.90. The fourth-order valence-electron chi connectivity index (χ4n) is 3.64. The van der Waals surface area contributed by atoms with Crippen molar-refractivity contribution in [1.29, 1.82) is 0 Å². The van der Waals surface area contributed by atoms with E-state index in [0.29, 0.717) is 16.5 Å². The smallest absolute Gasteiger partial charge is 0.227 e. The van der Waals surface area contributed by atoms with Crippen molar-refractivity contribution in [2.75, 3.05) is 26.7 Å². The average molecular weight is 439 g/mol. The Labute approximate surface area is 185 Å². The lowest BCUT2D eigenvalue weighted by Gasteiger charge is -2.35. The first-order valence-electron chi connectivity index (χ1n) is 9.51. The van der Waals surface area contributed by atoms with Crippen LogP contribution in [0.1, 0.15) is 36.4 Å². The van der Waals surface area contributed by atoms with Crippen molar-refractivity contribution < 1.29 is 4.79 Å². The molecule has 1 amide bonds. The number of amides is 1. The summed E-state index contributed by atoms with van der Waals surface area (Å²) in [6.45, 7) is 3.09. The highest BCUT2D eigenvalue weighted by molar-refractivity contribution is 7.59. The fourth-order valence-corrected chi connectivity index (χ4v) is 3.96. The number of likely N-dealkylation sites (tertiary alicyclic amines) is 1. The van der Waals surface area contributed by atoms with E-state index in [-0.39, 0.29) is 25.4 Å². The molecule has 0 saturated carbocycles. The maximum absolute atomic E-state index is 13.0. The highest BCUT2D eigenvalue weighted by Crippen LogP contribution is 2.25. The number of likely N-dealkylation sites (N-methyl/N-ethyl adjacent to an activating group) is 1. The van der Waals surface area contributed by atoms with E-state index >= 15 is 0 Å². The maximum Gasteiger partial charge on any atom is 0.227 e. The first kappa shape index (κ1) is 23.1. The maximum atomic E-state index is 13.0. The Morgan fingerprint density at radius 2 is 1.71 bits per heavy atom. The SMILES string of the molecule is CN(C(=O)Cc1ccc(Cl)c(Cl)c1)[C@H](CN1CCCCC1)c1ccccc1.S. The number of carbonyl (C=O) groups is 1. The van der Waals surface area contributed by atoms with Crippen molar-refractivity contribution in [3.63, 3.8) is 0 Å². The number of carbonyl (C=O) groups excluding carboxylic acids is 1. The largest absolute Gasteiger partial charge is 0.337 e. The van der Waals surface area contributed by atoms with Crippen molar-refractivity contribution in [2.45, 2.75) is 31.7 Å². The Balaban J connectivity index is 0.00000280. The zero-order valence-electron chi connectivity index (χ0n) is 16.2. The Bertz CT molecular complexity index is 766. The minimum Gasteiger partial charge on any atom is -0.337 e. The van der Waals surface area contributed by atoms with Gasteiger partial charge in [-0.1, -0.05) is 66.0 Å². The van der Waals surface area contributed by atoms with Gasteiger partial charge in [-0.2, -0.15) is 13.5 Å². The van der Waals surface area contributed by atoms with Crippen molar-refractivity contribution in [3.05, 3.63) is 69.7 Å². The Hall–Kier alpha value is -1.20. The summed E-state index contributed by atoms with van der Waals surface area (Å²) in [5.41, 5.74) is 2.05. The molecule has 1 atom stereocenters. The van der Waals surface area contributed by atoms with E-state index in [0.717, 1.165) is 25.2 Å². The van der Waals surface area contributed by atoms with E-state index in [1.54, 1.807) is 12.1 Å². The van der Waals surface area contributed by atoms with Crippen LogP contribution in [-0.4, -0.2) is 42.4 Å². The molecule has 0 radical (unpaired) electrons. The van der Waals surface area contributed by atoms with E-state index in [2.05, 4.69) is 17.0 Å². The molecule has 1 heterocycles. The molecule has 1 saturated heterocycles. The van der Waals surface area contributed by atoms with Crippen LogP contribution in [0.2, 0.25) is 10.0 Å². The van der Waals surface area contributed by atoms with Crippen LogP contribution in [0.25, 0.3) is 0 Å². The molecular formula is C22H28Cl2N2OS. The van der Waals surface area contributed by atoms with Crippen LogP contribution in [0.5, 0.6) is 0 Å². The third-order valence-electron chi connectivity index (χ3n) is 5.26. The summed E-state index contributed by atoms with van der Waals surface area (Å²) >= 11 is 12.1. The summed E-state index contributed by atoms with van der Waals surface area (Å²) < 4.78 is 0. The molecule has 3 rings (SSSR count). The lowest BCUT2D eigenvalue weighted by atomic mass is 10.0. The van der Waals surface area contributed by atoms with Gasteiger partial charge >= 0.3 is 0 Å². The van der Waals surface area contributed by atoms with E-state index in [1.807, 2.05) is 36.2 Å². The minimum atomic E-state index is 0. The van der Waals surface area contributed by atoms with Crippen LogP contribution in [0.15, 0.2) is 48.5 Å². The lowest BCUT2D eigenvalue weighted by Crippen LogP contribution is -2.41. The summed E-state index contributed by atoms with van der Waals surface area (Å²) in [6.07, 6.45) is 4.10. The van der Waals surface area contributed by atoms with Crippen LogP contribution in [-0.2, 0) is 11.2 Å². The van der Waals surface area contributed by atoms with Crippen molar-refractivity contribution in [2.24, 2.45) is 0 Å². The quantitative estimate of drug-likeness (QED) is 0.607. The van der Waals surface area contributed by atoms with Crippen molar-refractivity contribution >= 4 is 42.6 Å². The molecule has 3 nitrogen and oxygen atoms in total. The number of halogens is 2. The number of hydrogen-bond acceptors (Lipinski definition) is 2. The predicted molar refractivity (Wildman–Crippen MR) is 123 cm³/mol. The van der Waals surface area contributed by atoms with Gasteiger partial charge in [0.25, 0.3) is 0 Å². The Morgan fingerprint density at radius 3 is 2.36 bits per heavy atom. The molecule has 1 aliphatic rings. The molecule has 0 aromatic heterocycles. The van der Waals surface area contributed by atoms with E-state index in [1.165, 1.54) is 24.8 Å². The summed E-state index contributed by atoms with van der Waals surface area (Å²) in [4.78, 5) is 17.4. The average Bonchev–Trinajstić information content (AvgIpc) is 2.70. The van der Waals surface area contributed by atoms with Crippen LogP contribution in [0.3, 0.4) is 0 Å². The molecule has 28 heavy (non-hydrogen) atoms. The van der Waals surface area contributed by atoms with E-state index < -0.39 is 0 Å². The van der Waals surface area contributed by atoms with E-state index in [4.69, 9.17) is 23.2 Å². The predicted octanol–water partition coefficient (Wildman–Crippen LogP) is 5.33. The fraction of sp³-hybridized carbons (Fsp3) is 0.409. The van der Waals surface area contributed by atoms with Gasteiger partial charge in [0.2, 0.25) is 5.91 Å². The van der Waals surface area contributed by atoms with E-state index in [9.17, 15) is 4.79 Å². The Kier molecular flexibility index (Phi) is 9.16. The molecule has 2 aromatic rings. The molecule has 0 unspecified atom stereocenters. The molecule has 0 N–H and O–H groups in total. The molecule has 1 aliphatic heterocycles. The van der Waals surface area contributed by atoms with Gasteiger partial charge in [0.05, 0.1) is 22.5 Å². The normalized spacial score (nSPS) is 15.5. The zero-order chi connectivity index (χ0) is 19.2. The number of hydrogen-bond donors (Lipinski definition) is 0. The monoisotopic (exact) mass is 438 g/mol. The van der Waals surface area contributed by atoms with Gasteiger partial charge in [-0.3, -0.25) is 4.79 Å². The van der Waals surface area contributed by atoms with Crippen LogP contribution < -0.4 is 0 Å². The molecule has 0 aliphatic carbocycles. The molecule has 0 spiro atoms. The standard InChI is InChI=1S/C22H26Cl2N2O.H2S/c1-25(22(27)15-17-10-11-19(23)20(24)14-17)21(18-8-4-2-5-9-18)16-26-12-6-3-7-13-26;/h2,4-5,8-11,14,21H,3,6-7,12-13,15-16H2,1H3;1H2/t21-;/m1./s1. The number of benzene rings is 2. The molecule has 2 aromatic carbocycles. The van der Waals surface area contributed by atoms with Gasteiger partial charge in [-0.15, -0.1) is 0 Å². The number of rotatable bonds is 6. The lowest BCUT2D eigenvalue weighted by molar-refractivity contribution is -0.131. The third kappa shape index (κ3) is 6.15. The zero-order valence-corrected chi connectivity index (χ0v) is 18.7. The topological polar surface area (TPSA) is 23.6 Å². The third-order valence-corrected chi connectivity index (χ3v) is 6.00. The van der Waals surface area contributed by atoms with Crippen molar-refractivity contribution in [3.8, 4) is 0 Å². The summed E-state index contributed by atoms with van der Waals surface area (Å²) in [5.74, 6) is 0.0826. The summed E-state index contributed by atoms with van der Waals surface area (Å²) in [5, 5.41) is 0.992.